The van der Waals surface area contributed by atoms with Crippen LogP contribution in [0.25, 0.3) is 11.4 Å². The minimum absolute atomic E-state index is 0.132. The van der Waals surface area contributed by atoms with Crippen LogP contribution in [0.3, 0.4) is 0 Å². The number of nitrogen functional groups attached to an aromatic ring is 1. The van der Waals surface area contributed by atoms with Gasteiger partial charge in [-0.25, -0.2) is 9.97 Å². The van der Waals surface area contributed by atoms with Crippen molar-refractivity contribution in [2.75, 3.05) is 12.8 Å². The molecule has 0 saturated heterocycles. The van der Waals surface area contributed by atoms with E-state index in [-0.39, 0.29) is 5.41 Å². The van der Waals surface area contributed by atoms with E-state index < -0.39 is 0 Å². The van der Waals surface area contributed by atoms with Gasteiger partial charge in [-0.05, 0) is 28.1 Å². The molecule has 0 fully saturated rings. The van der Waals surface area contributed by atoms with Crippen LogP contribution in [0.1, 0.15) is 26.5 Å². The molecule has 2 N–H and O–H groups in total. The molecule has 106 valence electrons. The summed E-state index contributed by atoms with van der Waals surface area (Å²) in [6, 6.07) is 7.65. The molecule has 0 radical (unpaired) electrons. The van der Waals surface area contributed by atoms with Gasteiger partial charge in [0.05, 0.1) is 22.8 Å². The molecule has 0 amide bonds. The van der Waals surface area contributed by atoms with E-state index in [4.69, 9.17) is 10.5 Å². The lowest BCUT2D eigenvalue weighted by molar-refractivity contribution is 0.416. The fraction of sp³-hybridized carbons (Fsp3) is 0.333. The molecule has 20 heavy (non-hydrogen) atoms. The largest absolute Gasteiger partial charge is 0.496 e. The number of methoxy groups -OCH3 is 1. The number of ether oxygens (including phenoxy) is 1. The molecule has 1 aromatic heterocycles. The highest BCUT2D eigenvalue weighted by atomic mass is 79.9. The number of rotatable bonds is 2. The van der Waals surface area contributed by atoms with Gasteiger partial charge in [-0.2, -0.15) is 0 Å². The molecule has 0 aliphatic rings. The summed E-state index contributed by atoms with van der Waals surface area (Å²) >= 11 is 3.48. The zero-order valence-corrected chi connectivity index (χ0v) is 13.7. The third kappa shape index (κ3) is 2.77. The molecule has 1 aromatic carbocycles. The Kier molecular flexibility index (Phi) is 3.99. The number of nitrogens with zero attached hydrogens (tertiary/aromatic N) is 2. The topological polar surface area (TPSA) is 61.0 Å². The molecular weight excluding hydrogens is 318 g/mol. The minimum Gasteiger partial charge on any atom is -0.496 e. The van der Waals surface area contributed by atoms with Gasteiger partial charge in [0.2, 0.25) is 0 Å². The second-order valence-corrected chi connectivity index (χ2v) is 6.34. The Morgan fingerprint density at radius 1 is 1.15 bits per heavy atom. The normalized spacial score (nSPS) is 11.4. The number of anilines is 1. The average molecular weight is 336 g/mol. The second-order valence-electron chi connectivity index (χ2n) is 5.55. The first-order valence-electron chi connectivity index (χ1n) is 6.31. The van der Waals surface area contributed by atoms with Gasteiger partial charge < -0.3 is 10.5 Å². The SMILES string of the molecule is COc1ccccc1-c1nc(N)c(Br)c(C(C)(C)C)n1. The third-order valence-electron chi connectivity index (χ3n) is 2.94. The van der Waals surface area contributed by atoms with Crippen LogP contribution in [-0.2, 0) is 5.41 Å². The van der Waals surface area contributed by atoms with E-state index >= 15 is 0 Å². The van der Waals surface area contributed by atoms with Crippen molar-refractivity contribution in [3.63, 3.8) is 0 Å². The number of aromatic nitrogens is 2. The number of benzene rings is 1. The highest BCUT2D eigenvalue weighted by Crippen LogP contribution is 2.35. The molecule has 0 unspecified atom stereocenters. The Balaban J connectivity index is 2.67. The van der Waals surface area contributed by atoms with Crippen molar-refractivity contribution in [3.05, 3.63) is 34.4 Å². The summed E-state index contributed by atoms with van der Waals surface area (Å²) in [6.45, 7) is 6.27. The smallest absolute Gasteiger partial charge is 0.165 e. The van der Waals surface area contributed by atoms with Crippen LogP contribution < -0.4 is 10.5 Å². The molecule has 4 nitrogen and oxygen atoms in total. The van der Waals surface area contributed by atoms with E-state index in [1.54, 1.807) is 7.11 Å². The van der Waals surface area contributed by atoms with Gasteiger partial charge in [-0.1, -0.05) is 32.9 Å². The molecule has 1 heterocycles. The average Bonchev–Trinajstić information content (AvgIpc) is 2.40. The van der Waals surface area contributed by atoms with Gasteiger partial charge >= 0.3 is 0 Å². The minimum atomic E-state index is -0.132. The van der Waals surface area contributed by atoms with Crippen LogP contribution in [0.5, 0.6) is 5.75 Å². The fourth-order valence-electron chi connectivity index (χ4n) is 1.91. The van der Waals surface area contributed by atoms with Gasteiger partial charge in [0.25, 0.3) is 0 Å². The molecule has 0 bridgehead atoms. The number of halogens is 1. The van der Waals surface area contributed by atoms with Crippen molar-refractivity contribution < 1.29 is 4.74 Å². The van der Waals surface area contributed by atoms with Crippen molar-refractivity contribution in [1.29, 1.82) is 0 Å². The number of hydrogen-bond acceptors (Lipinski definition) is 4. The molecule has 2 rings (SSSR count). The standard InChI is InChI=1S/C15H18BrN3O/c1-15(2,3)12-11(16)13(17)19-14(18-12)9-7-5-6-8-10(9)20-4/h5-8H,1-4H3,(H2,17,18,19). The first-order valence-corrected chi connectivity index (χ1v) is 7.10. The van der Waals surface area contributed by atoms with Crippen molar-refractivity contribution in [2.24, 2.45) is 0 Å². The van der Waals surface area contributed by atoms with Crippen LogP contribution in [0.4, 0.5) is 5.82 Å². The molecule has 0 spiro atoms. The zero-order valence-electron chi connectivity index (χ0n) is 12.1. The lowest BCUT2D eigenvalue weighted by atomic mass is 9.91. The van der Waals surface area contributed by atoms with Crippen LogP contribution in [0.2, 0.25) is 0 Å². The Morgan fingerprint density at radius 3 is 2.40 bits per heavy atom. The van der Waals surface area contributed by atoms with Crippen LogP contribution >= 0.6 is 15.9 Å². The Morgan fingerprint density at radius 2 is 1.80 bits per heavy atom. The summed E-state index contributed by atoms with van der Waals surface area (Å²) in [5.74, 6) is 1.74. The highest BCUT2D eigenvalue weighted by molar-refractivity contribution is 9.10. The van der Waals surface area contributed by atoms with Gasteiger partial charge in [0.1, 0.15) is 11.6 Å². The molecule has 2 aromatic rings. The van der Waals surface area contributed by atoms with Crippen molar-refractivity contribution in [1.82, 2.24) is 9.97 Å². The predicted molar refractivity (Wildman–Crippen MR) is 84.8 cm³/mol. The summed E-state index contributed by atoms with van der Waals surface area (Å²) < 4.78 is 6.12. The maximum Gasteiger partial charge on any atom is 0.165 e. The van der Waals surface area contributed by atoms with Crippen molar-refractivity contribution in [2.45, 2.75) is 26.2 Å². The van der Waals surface area contributed by atoms with Crippen molar-refractivity contribution >= 4 is 21.7 Å². The number of hydrogen-bond donors (Lipinski definition) is 1. The molecule has 0 saturated carbocycles. The molecule has 0 aliphatic heterocycles. The first kappa shape index (κ1) is 14.8. The fourth-order valence-corrected chi connectivity index (χ4v) is 2.68. The van der Waals surface area contributed by atoms with Crippen LogP contribution in [-0.4, -0.2) is 17.1 Å². The summed E-state index contributed by atoms with van der Waals surface area (Å²) in [5.41, 5.74) is 7.59. The lowest BCUT2D eigenvalue weighted by Crippen LogP contribution is -2.17. The summed E-state index contributed by atoms with van der Waals surface area (Å²) in [5, 5.41) is 0. The zero-order chi connectivity index (χ0) is 14.9. The van der Waals surface area contributed by atoms with E-state index in [2.05, 4.69) is 46.7 Å². The van der Waals surface area contributed by atoms with Crippen molar-refractivity contribution in [3.8, 4) is 17.1 Å². The Bertz CT molecular complexity index is 636. The number of nitrogens with two attached hydrogens (primary N) is 1. The molecule has 0 aliphatic carbocycles. The highest BCUT2D eigenvalue weighted by Gasteiger charge is 2.23. The number of para-hydroxylation sites is 1. The maximum absolute atomic E-state index is 6.01. The van der Waals surface area contributed by atoms with E-state index in [0.29, 0.717) is 11.6 Å². The third-order valence-corrected chi connectivity index (χ3v) is 3.72. The summed E-state index contributed by atoms with van der Waals surface area (Å²) in [7, 11) is 1.63. The monoisotopic (exact) mass is 335 g/mol. The predicted octanol–water partition coefficient (Wildman–Crippen LogP) is 3.79. The second kappa shape index (κ2) is 5.40. The Labute approximate surface area is 127 Å². The summed E-state index contributed by atoms with van der Waals surface area (Å²) in [4.78, 5) is 9.03. The summed E-state index contributed by atoms with van der Waals surface area (Å²) in [6.07, 6.45) is 0. The molecule has 0 atom stereocenters. The lowest BCUT2D eigenvalue weighted by Gasteiger charge is -2.21. The molecular formula is C15H18BrN3O. The van der Waals surface area contributed by atoms with E-state index in [9.17, 15) is 0 Å². The van der Waals surface area contributed by atoms with Crippen LogP contribution in [0, 0.1) is 0 Å². The quantitative estimate of drug-likeness (QED) is 0.906. The van der Waals surface area contributed by atoms with Gasteiger partial charge in [0.15, 0.2) is 5.82 Å². The first-order chi connectivity index (χ1) is 9.34. The van der Waals surface area contributed by atoms with E-state index in [1.807, 2.05) is 24.3 Å². The van der Waals surface area contributed by atoms with E-state index in [0.717, 1.165) is 21.5 Å². The van der Waals surface area contributed by atoms with Gasteiger partial charge in [0, 0.05) is 5.41 Å². The maximum atomic E-state index is 6.01. The van der Waals surface area contributed by atoms with Gasteiger partial charge in [-0.3, -0.25) is 0 Å². The van der Waals surface area contributed by atoms with Gasteiger partial charge in [-0.15, -0.1) is 0 Å². The Hall–Kier alpha value is -1.62. The van der Waals surface area contributed by atoms with Crippen LogP contribution in [0.15, 0.2) is 28.7 Å². The molecule has 5 heteroatoms. The van der Waals surface area contributed by atoms with E-state index in [1.165, 1.54) is 0 Å².